The molecule has 0 fully saturated rings. The minimum absolute atomic E-state index is 0.136. The van der Waals surface area contributed by atoms with Gasteiger partial charge in [0.1, 0.15) is 23.3 Å². The van der Waals surface area contributed by atoms with E-state index in [0.717, 1.165) is 49.6 Å². The van der Waals surface area contributed by atoms with Crippen LogP contribution in [0.5, 0.6) is 11.5 Å². The van der Waals surface area contributed by atoms with Gasteiger partial charge in [-0.25, -0.2) is 0 Å². The normalized spacial score (nSPS) is 14.0. The monoisotopic (exact) mass is 566 g/mol. The number of hydrogen-bond acceptors (Lipinski definition) is 6. The Morgan fingerprint density at radius 2 is 1.89 bits per heavy atom. The average Bonchev–Trinajstić information content (AvgIpc) is 2.81. The van der Waals surface area contributed by atoms with Gasteiger partial charge in [0.2, 0.25) is 0 Å². The summed E-state index contributed by atoms with van der Waals surface area (Å²) in [6, 6.07) is 5.43. The number of ether oxygens (including phenoxy) is 1. The number of amides is 1. The van der Waals surface area contributed by atoms with Crippen molar-refractivity contribution in [3.63, 3.8) is 0 Å². The zero-order chi connectivity index (χ0) is 27.8. The maximum absolute atomic E-state index is 12.9. The number of nitrogens with one attached hydrogen (secondary N) is 1. The molecule has 0 aliphatic heterocycles. The highest BCUT2D eigenvalue weighted by Gasteiger charge is 2.31. The number of unbranched alkanes of at least 4 members (excludes halogenated alkanes) is 1. The largest absolute Gasteiger partial charge is 0.456 e. The predicted molar refractivity (Wildman–Crippen MR) is 131 cm³/mol. The number of nitro benzene ring substituents is 1. The number of benzene rings is 2. The minimum atomic E-state index is -4.62. The minimum Gasteiger partial charge on any atom is -0.456 e. The van der Waals surface area contributed by atoms with Gasteiger partial charge in [0.05, 0.1) is 21.6 Å². The Kier molecular flexibility index (Phi) is 10.9. The zero-order valence-corrected chi connectivity index (χ0v) is 21.7. The van der Waals surface area contributed by atoms with Crippen molar-refractivity contribution in [3.8, 4) is 11.5 Å². The number of alkyl halides is 3. The van der Waals surface area contributed by atoms with Crippen LogP contribution in [0.2, 0.25) is 5.02 Å². The molecule has 2 rings (SSSR count). The molecule has 204 valence electrons. The smallest absolute Gasteiger partial charge is 0.416 e. The van der Waals surface area contributed by atoms with Crippen molar-refractivity contribution in [2.75, 3.05) is 6.29 Å². The van der Waals surface area contributed by atoms with Gasteiger partial charge in [-0.2, -0.15) is 13.2 Å². The molecule has 0 radical (unpaired) electrons. The molecule has 0 spiro atoms. The fourth-order valence-electron chi connectivity index (χ4n) is 3.35. The Morgan fingerprint density at radius 3 is 2.46 bits per heavy atom. The van der Waals surface area contributed by atoms with Gasteiger partial charge >= 0.3 is 13.8 Å². The van der Waals surface area contributed by atoms with Crippen LogP contribution in [-0.2, 0) is 15.3 Å². The lowest BCUT2D eigenvalue weighted by molar-refractivity contribution is -0.385. The molecule has 37 heavy (non-hydrogen) atoms. The van der Waals surface area contributed by atoms with E-state index in [1.165, 1.54) is 0 Å². The van der Waals surface area contributed by atoms with E-state index in [1.807, 2.05) is 13.8 Å². The lowest BCUT2D eigenvalue weighted by Crippen LogP contribution is -2.27. The number of carbonyl (C=O) groups is 1. The molecule has 14 heteroatoms. The second kappa shape index (κ2) is 13.2. The van der Waals surface area contributed by atoms with Gasteiger partial charge in [0.25, 0.3) is 11.6 Å². The summed E-state index contributed by atoms with van der Waals surface area (Å²) in [5.41, 5.74) is -2.12. The summed E-state index contributed by atoms with van der Waals surface area (Å²) < 4.78 is 61.9. The van der Waals surface area contributed by atoms with E-state index in [0.29, 0.717) is 18.9 Å². The average molecular weight is 567 g/mol. The van der Waals surface area contributed by atoms with E-state index >= 15 is 0 Å². The number of nitro groups is 1. The van der Waals surface area contributed by atoms with Crippen molar-refractivity contribution < 1.29 is 41.6 Å². The van der Waals surface area contributed by atoms with E-state index in [9.17, 15) is 37.5 Å². The first-order chi connectivity index (χ1) is 17.3. The first-order valence-electron chi connectivity index (χ1n) is 11.4. The molecule has 0 aliphatic rings. The summed E-state index contributed by atoms with van der Waals surface area (Å²) in [6.07, 6.45) is -2.38. The molecule has 2 aromatic carbocycles. The second-order valence-electron chi connectivity index (χ2n) is 8.14. The Labute approximate surface area is 216 Å². The molecular weight excluding hydrogens is 540 g/mol. The van der Waals surface area contributed by atoms with Crippen LogP contribution in [0, 0.1) is 10.1 Å². The van der Waals surface area contributed by atoms with Crippen LogP contribution < -0.4 is 10.1 Å². The van der Waals surface area contributed by atoms with Crippen LogP contribution in [0.3, 0.4) is 0 Å². The Balaban J connectivity index is 2.21. The van der Waals surface area contributed by atoms with Crippen molar-refractivity contribution in [3.05, 3.63) is 62.7 Å². The fourth-order valence-corrected chi connectivity index (χ4v) is 4.66. The molecule has 2 N–H and O–H groups in total. The van der Waals surface area contributed by atoms with E-state index in [2.05, 4.69) is 5.32 Å². The summed E-state index contributed by atoms with van der Waals surface area (Å²) in [7, 11) is -4.27. The quantitative estimate of drug-likeness (QED) is 0.148. The first-order valence-corrected chi connectivity index (χ1v) is 13.5. The van der Waals surface area contributed by atoms with Crippen molar-refractivity contribution in [2.45, 2.75) is 58.2 Å². The topological polar surface area (TPSA) is 128 Å². The highest BCUT2D eigenvalue weighted by atomic mass is 35.5. The summed E-state index contributed by atoms with van der Waals surface area (Å²) >= 11 is 5.88. The summed E-state index contributed by atoms with van der Waals surface area (Å²) in [5, 5.41) is 13.2. The predicted octanol–water partition coefficient (Wildman–Crippen LogP) is 7.31. The lowest BCUT2D eigenvalue weighted by Gasteiger charge is -2.21. The molecule has 2 aromatic rings. The molecule has 2 unspecified atom stereocenters. The zero-order valence-electron chi connectivity index (χ0n) is 20.1. The number of rotatable bonds is 13. The maximum atomic E-state index is 12.9. The molecular formula is C23H27ClF3N2O7P. The van der Waals surface area contributed by atoms with Gasteiger partial charge in [-0.3, -0.25) is 19.5 Å². The van der Waals surface area contributed by atoms with Crippen LogP contribution in [0.25, 0.3) is 0 Å². The number of carbonyl (C=O) groups excluding carboxylic acids is 1. The molecule has 9 nitrogen and oxygen atoms in total. The number of halogens is 4. The summed E-state index contributed by atoms with van der Waals surface area (Å²) in [5.74, 6) is -1.37. The van der Waals surface area contributed by atoms with Gasteiger partial charge in [0.15, 0.2) is 0 Å². The number of hydrogen-bond donors (Lipinski definition) is 2. The lowest BCUT2D eigenvalue weighted by atomic mass is 10.1. The van der Waals surface area contributed by atoms with Crippen molar-refractivity contribution in [1.82, 2.24) is 5.32 Å². The van der Waals surface area contributed by atoms with Crippen LogP contribution in [0.4, 0.5) is 18.9 Å². The third kappa shape index (κ3) is 9.30. The van der Waals surface area contributed by atoms with Gasteiger partial charge < -0.3 is 19.5 Å². The van der Waals surface area contributed by atoms with Crippen molar-refractivity contribution >= 4 is 30.8 Å². The summed E-state index contributed by atoms with van der Waals surface area (Å²) in [4.78, 5) is 33.5. The van der Waals surface area contributed by atoms with E-state index in [-0.39, 0.29) is 16.5 Å². The third-order valence-electron chi connectivity index (χ3n) is 5.14. The van der Waals surface area contributed by atoms with Crippen LogP contribution in [-0.4, -0.2) is 28.1 Å². The summed E-state index contributed by atoms with van der Waals surface area (Å²) in [6.45, 7) is 3.87. The third-order valence-corrected chi connectivity index (χ3v) is 6.62. The van der Waals surface area contributed by atoms with Crippen LogP contribution in [0.15, 0.2) is 36.4 Å². The van der Waals surface area contributed by atoms with Crippen molar-refractivity contribution in [2.24, 2.45) is 0 Å². The molecule has 2 atom stereocenters. The van der Waals surface area contributed by atoms with Gasteiger partial charge in [-0.05, 0) is 37.1 Å². The molecule has 0 bridgehead atoms. The molecule has 1 amide bonds. The van der Waals surface area contributed by atoms with Gasteiger partial charge in [-0.15, -0.1) is 0 Å². The molecule has 0 saturated carbocycles. The maximum Gasteiger partial charge on any atom is 0.416 e. The molecule has 0 saturated heterocycles. The molecule has 0 aliphatic carbocycles. The van der Waals surface area contributed by atoms with Gasteiger partial charge in [-0.1, -0.05) is 44.7 Å². The Hall–Kier alpha value is -2.66. The highest BCUT2D eigenvalue weighted by molar-refractivity contribution is 7.52. The standard InChI is InChI=1S/C23H27ClF3N2O7P/c1-3-5-7-16(6-4-2)36-37(33,34)14-28-22(30)18-13-17(9-10-20(18)29(31)32)35-21-11-8-15(12-19(21)24)23(25,26)27/h8-13,16H,3-7,14H2,1-2H3,(H,28,30)(H,33,34). The van der Waals surface area contributed by atoms with E-state index < -0.39 is 53.8 Å². The second-order valence-corrected chi connectivity index (χ2v) is 10.4. The van der Waals surface area contributed by atoms with Crippen LogP contribution in [0.1, 0.15) is 61.9 Å². The number of nitrogens with zero attached hydrogens (tertiary/aromatic N) is 1. The van der Waals surface area contributed by atoms with E-state index in [4.69, 9.17) is 20.9 Å². The molecule has 0 heterocycles. The highest BCUT2D eigenvalue weighted by Crippen LogP contribution is 2.44. The van der Waals surface area contributed by atoms with Gasteiger partial charge in [0, 0.05) is 12.1 Å². The SMILES string of the molecule is CCCCC(CCC)OP(=O)(O)CNC(=O)c1cc(Oc2ccc(C(F)(F)F)cc2Cl)ccc1[N+](=O)[O-]. The molecule has 0 aromatic heterocycles. The van der Waals surface area contributed by atoms with E-state index in [1.54, 1.807) is 0 Å². The fraction of sp³-hybridized carbons (Fsp3) is 0.435. The van der Waals surface area contributed by atoms with Crippen molar-refractivity contribution in [1.29, 1.82) is 0 Å². The first kappa shape index (κ1) is 30.6. The van der Waals surface area contributed by atoms with Crippen LogP contribution >= 0.6 is 19.2 Å². The Bertz CT molecular complexity index is 1160. The Morgan fingerprint density at radius 1 is 1.19 bits per heavy atom.